The van der Waals surface area contributed by atoms with E-state index in [4.69, 9.17) is 25.4 Å². The monoisotopic (exact) mass is 545 g/mol. The Morgan fingerprint density at radius 3 is 2.80 bits per heavy atom. The van der Waals surface area contributed by atoms with Crippen LogP contribution in [0.3, 0.4) is 0 Å². The van der Waals surface area contributed by atoms with Crippen LogP contribution in [0.4, 0.5) is 11.4 Å². The summed E-state index contributed by atoms with van der Waals surface area (Å²) in [6.07, 6.45) is 8.61. The van der Waals surface area contributed by atoms with Gasteiger partial charge in [0.05, 0.1) is 35.8 Å². The molecule has 1 aromatic carbocycles. The van der Waals surface area contributed by atoms with E-state index in [1.807, 2.05) is 36.8 Å². The maximum Gasteiger partial charge on any atom is 0.290 e. The molecule has 1 aliphatic heterocycles. The molecule has 1 fully saturated rings. The van der Waals surface area contributed by atoms with E-state index < -0.39 is 0 Å². The summed E-state index contributed by atoms with van der Waals surface area (Å²) < 4.78 is 7.13. The average Bonchev–Trinajstić information content (AvgIpc) is 3.63. The van der Waals surface area contributed by atoms with Crippen molar-refractivity contribution in [3.63, 3.8) is 0 Å². The second kappa shape index (κ2) is 12.9. The third-order valence-electron chi connectivity index (χ3n) is 6.89. The quantitative estimate of drug-likeness (QED) is 0.126. The molecule has 0 aliphatic carbocycles. The van der Waals surface area contributed by atoms with E-state index in [0.717, 1.165) is 70.6 Å². The number of aromatic hydroxyl groups is 1. The molecule has 0 saturated carbocycles. The Balaban J connectivity index is 0.00000118. The second-order valence-corrected chi connectivity index (χ2v) is 9.48. The zero-order valence-corrected chi connectivity index (χ0v) is 22.9. The van der Waals surface area contributed by atoms with E-state index in [0.29, 0.717) is 17.8 Å². The number of carboxylic acid groups (broad SMARTS) is 1. The SMILES string of the molecule is CCc1cc(O)ccc1N=C(N)c1cnn2cc(-c3cnc(OC)cc3C)cc2c1NC[C@@H]1CCCN1.O=CO. The lowest BCUT2D eigenvalue weighted by molar-refractivity contribution is -0.122. The number of pyridine rings is 1. The van der Waals surface area contributed by atoms with Gasteiger partial charge in [-0.2, -0.15) is 5.10 Å². The Kier molecular flexibility index (Phi) is 9.18. The Hall–Kier alpha value is -4.64. The van der Waals surface area contributed by atoms with Gasteiger partial charge in [0.2, 0.25) is 5.88 Å². The number of aliphatic imine (C=N–C) groups is 1. The number of nitrogens with zero attached hydrogens (tertiary/aromatic N) is 4. The highest BCUT2D eigenvalue weighted by Crippen LogP contribution is 2.32. The van der Waals surface area contributed by atoms with Crippen LogP contribution >= 0.6 is 0 Å². The van der Waals surface area contributed by atoms with Crippen LogP contribution in [0, 0.1) is 6.92 Å². The molecule has 5 rings (SSSR count). The first-order valence-electron chi connectivity index (χ1n) is 13.1. The Bertz CT molecular complexity index is 1510. The molecule has 0 bridgehead atoms. The van der Waals surface area contributed by atoms with Gasteiger partial charge in [-0.25, -0.2) is 14.5 Å². The van der Waals surface area contributed by atoms with Crippen LogP contribution in [-0.4, -0.2) is 63.4 Å². The fourth-order valence-electron chi connectivity index (χ4n) is 4.84. The fraction of sp³-hybridized carbons (Fsp3) is 0.310. The highest BCUT2D eigenvalue weighted by Gasteiger charge is 2.19. The highest BCUT2D eigenvalue weighted by molar-refractivity contribution is 6.06. The fourth-order valence-corrected chi connectivity index (χ4v) is 4.84. The number of methoxy groups -OCH3 is 1. The minimum atomic E-state index is -0.250. The van der Waals surface area contributed by atoms with Crippen molar-refractivity contribution in [1.29, 1.82) is 0 Å². The van der Waals surface area contributed by atoms with Crippen molar-refractivity contribution in [1.82, 2.24) is 19.9 Å². The zero-order valence-electron chi connectivity index (χ0n) is 22.9. The number of aryl methyl sites for hydroxylation is 2. The number of benzene rings is 1. The van der Waals surface area contributed by atoms with Crippen LogP contribution in [0.15, 0.2) is 53.9 Å². The van der Waals surface area contributed by atoms with Crippen LogP contribution in [-0.2, 0) is 11.2 Å². The summed E-state index contributed by atoms with van der Waals surface area (Å²) in [7, 11) is 1.62. The molecule has 4 aromatic rings. The van der Waals surface area contributed by atoms with Crippen molar-refractivity contribution in [2.45, 2.75) is 39.2 Å². The lowest BCUT2D eigenvalue weighted by atomic mass is 10.1. The number of hydrogen-bond acceptors (Lipinski definition) is 8. The van der Waals surface area contributed by atoms with Crippen molar-refractivity contribution in [2.75, 3.05) is 25.5 Å². The number of hydrogen-bond donors (Lipinski definition) is 5. The molecule has 1 aliphatic rings. The van der Waals surface area contributed by atoms with Gasteiger partial charge in [-0.1, -0.05) is 6.92 Å². The number of amidine groups is 1. The first kappa shape index (κ1) is 28.4. The van der Waals surface area contributed by atoms with Gasteiger partial charge in [0.25, 0.3) is 6.47 Å². The van der Waals surface area contributed by atoms with E-state index in [1.165, 1.54) is 6.42 Å². The van der Waals surface area contributed by atoms with Gasteiger partial charge >= 0.3 is 0 Å². The molecule has 40 heavy (non-hydrogen) atoms. The summed E-state index contributed by atoms with van der Waals surface area (Å²) in [5.74, 6) is 1.16. The third kappa shape index (κ3) is 6.32. The van der Waals surface area contributed by atoms with Crippen LogP contribution in [0.1, 0.15) is 36.5 Å². The van der Waals surface area contributed by atoms with Gasteiger partial charge in [0.15, 0.2) is 0 Å². The number of aromatic nitrogens is 3. The van der Waals surface area contributed by atoms with E-state index in [9.17, 15) is 5.11 Å². The Morgan fingerprint density at radius 2 is 2.12 bits per heavy atom. The summed E-state index contributed by atoms with van der Waals surface area (Å²) in [6, 6.07) is 9.56. The number of anilines is 1. The number of carbonyl (C=O) groups is 1. The largest absolute Gasteiger partial charge is 0.508 e. The second-order valence-electron chi connectivity index (χ2n) is 9.48. The highest BCUT2D eigenvalue weighted by atomic mass is 16.5. The number of nitrogens with two attached hydrogens (primary N) is 1. The van der Waals surface area contributed by atoms with Gasteiger partial charge < -0.3 is 31.3 Å². The molecule has 1 saturated heterocycles. The van der Waals surface area contributed by atoms with Crippen molar-refractivity contribution in [3.05, 3.63) is 65.6 Å². The molecule has 0 amide bonds. The molecule has 6 N–H and O–H groups in total. The smallest absolute Gasteiger partial charge is 0.290 e. The molecule has 0 radical (unpaired) electrons. The molecule has 210 valence electrons. The van der Waals surface area contributed by atoms with Gasteiger partial charge in [-0.15, -0.1) is 0 Å². The maximum atomic E-state index is 9.88. The van der Waals surface area contributed by atoms with Crippen LogP contribution in [0.2, 0.25) is 0 Å². The zero-order chi connectivity index (χ0) is 28.6. The first-order chi connectivity index (χ1) is 19.4. The number of rotatable bonds is 8. The van der Waals surface area contributed by atoms with Gasteiger partial charge in [0, 0.05) is 42.2 Å². The van der Waals surface area contributed by atoms with Gasteiger partial charge in [-0.05, 0) is 68.1 Å². The number of ether oxygens (including phenoxy) is 1. The predicted octanol–water partition coefficient (Wildman–Crippen LogP) is 3.88. The van der Waals surface area contributed by atoms with Crippen molar-refractivity contribution in [3.8, 4) is 22.8 Å². The van der Waals surface area contributed by atoms with Crippen molar-refractivity contribution >= 4 is 29.2 Å². The third-order valence-corrected chi connectivity index (χ3v) is 6.89. The number of phenolic OH excluding ortho intramolecular Hbond substituents is 1. The number of phenols is 1. The van der Waals surface area contributed by atoms with E-state index in [-0.39, 0.29) is 12.2 Å². The van der Waals surface area contributed by atoms with E-state index in [2.05, 4.69) is 26.8 Å². The minimum absolute atomic E-state index is 0.216. The van der Waals surface area contributed by atoms with Crippen LogP contribution < -0.4 is 21.1 Å². The Labute approximate surface area is 232 Å². The molecule has 1 atom stereocenters. The maximum absolute atomic E-state index is 9.88. The van der Waals surface area contributed by atoms with Crippen LogP contribution in [0.25, 0.3) is 16.6 Å². The molecule has 11 heteroatoms. The predicted molar refractivity (Wildman–Crippen MR) is 156 cm³/mol. The molecule has 0 unspecified atom stereocenters. The lowest BCUT2D eigenvalue weighted by Gasteiger charge is -2.17. The molecular formula is C29H35N7O4. The van der Waals surface area contributed by atoms with E-state index in [1.54, 1.807) is 31.5 Å². The number of nitrogens with one attached hydrogen (secondary N) is 2. The topological polar surface area (TPSA) is 159 Å². The number of fused-ring (bicyclic) bond motifs is 1. The summed E-state index contributed by atoms with van der Waals surface area (Å²) in [6.45, 7) is 5.62. The molecule has 3 aromatic heterocycles. The molecule has 4 heterocycles. The summed E-state index contributed by atoms with van der Waals surface area (Å²) in [5, 5.41) is 28.6. The average molecular weight is 546 g/mol. The van der Waals surface area contributed by atoms with Crippen molar-refractivity contribution in [2.24, 2.45) is 10.7 Å². The standard InChI is InChI=1S/C28H33N7O2.CH2O2/c1-4-18-11-21(36)7-8-24(18)34-28(29)23-15-33-35-16-19(22-14-31-26(37-3)10-17(22)2)12-25(35)27(23)32-13-20-6-5-9-30-20;2-1-3/h7-8,10-12,14-16,20,30,32,36H,4-6,9,13H2,1-3H3,(H2,29,34);1H,(H,2,3)/t20-;/m0./s1. The summed E-state index contributed by atoms with van der Waals surface area (Å²) in [5.41, 5.74) is 13.8. The summed E-state index contributed by atoms with van der Waals surface area (Å²) >= 11 is 0. The summed E-state index contributed by atoms with van der Waals surface area (Å²) in [4.78, 5) is 17.5. The minimum Gasteiger partial charge on any atom is -0.508 e. The molecule has 0 spiro atoms. The molecular weight excluding hydrogens is 510 g/mol. The van der Waals surface area contributed by atoms with Crippen LogP contribution in [0.5, 0.6) is 11.6 Å². The molecule has 11 nitrogen and oxygen atoms in total. The van der Waals surface area contributed by atoms with Crippen molar-refractivity contribution < 1.29 is 19.7 Å². The van der Waals surface area contributed by atoms with Gasteiger partial charge in [0.1, 0.15) is 11.6 Å². The Morgan fingerprint density at radius 1 is 1.32 bits per heavy atom. The van der Waals surface area contributed by atoms with Gasteiger partial charge in [-0.3, -0.25) is 4.79 Å². The normalized spacial score (nSPS) is 15.0. The van der Waals surface area contributed by atoms with E-state index >= 15 is 0 Å². The first-order valence-corrected chi connectivity index (χ1v) is 13.1. The lowest BCUT2D eigenvalue weighted by Crippen LogP contribution is -2.30.